The molecule has 2 aromatic rings. The summed E-state index contributed by atoms with van der Waals surface area (Å²) in [6.45, 7) is 3.81. The Hall–Kier alpha value is -2.68. The predicted octanol–water partition coefficient (Wildman–Crippen LogP) is 2.76. The predicted molar refractivity (Wildman–Crippen MR) is 92.2 cm³/mol. The van der Waals surface area contributed by atoms with Crippen molar-refractivity contribution in [3.63, 3.8) is 0 Å². The van der Waals surface area contributed by atoms with Gasteiger partial charge in [0, 0.05) is 13.1 Å². The number of hydrogen-bond acceptors (Lipinski definition) is 5. The normalized spacial score (nSPS) is 10.3. The van der Waals surface area contributed by atoms with Crippen LogP contribution in [0.15, 0.2) is 18.2 Å². The molecule has 2 N–H and O–H groups in total. The number of nitrogens with one attached hydrogen (secondary N) is 2. The number of ether oxygens (including phenoxy) is 1. The third-order valence-electron chi connectivity index (χ3n) is 3.39. The van der Waals surface area contributed by atoms with Crippen LogP contribution in [0, 0.1) is 24.0 Å². The van der Waals surface area contributed by atoms with Gasteiger partial charge in [-0.2, -0.15) is 5.10 Å². The van der Waals surface area contributed by atoms with Crippen LogP contribution in [0.5, 0.6) is 5.75 Å². The molecule has 9 heteroatoms. The summed E-state index contributed by atoms with van der Waals surface area (Å²) < 4.78 is 6.92. The van der Waals surface area contributed by atoms with Crippen LogP contribution >= 0.6 is 12.2 Å². The SMILES string of the molecule is COc1cc([N+](=O)[O-])ccc1NC(=S)Nc1c(C)nn(C)c1C. The van der Waals surface area contributed by atoms with Gasteiger partial charge in [-0.25, -0.2) is 0 Å². The Bertz CT molecular complexity index is 772. The van der Waals surface area contributed by atoms with E-state index in [1.54, 1.807) is 10.7 Å². The van der Waals surface area contributed by atoms with Crippen LogP contribution in [0.1, 0.15) is 11.4 Å². The average Bonchev–Trinajstić information content (AvgIpc) is 2.73. The van der Waals surface area contributed by atoms with Gasteiger partial charge in [0.1, 0.15) is 5.75 Å². The summed E-state index contributed by atoms with van der Waals surface area (Å²) >= 11 is 5.29. The number of benzene rings is 1. The second-order valence-electron chi connectivity index (χ2n) is 4.89. The zero-order valence-corrected chi connectivity index (χ0v) is 14.0. The summed E-state index contributed by atoms with van der Waals surface area (Å²) in [7, 11) is 3.29. The molecule has 23 heavy (non-hydrogen) atoms. The summed E-state index contributed by atoms with van der Waals surface area (Å²) in [5.41, 5.74) is 3.08. The molecule has 1 aromatic carbocycles. The molecule has 0 saturated carbocycles. The maximum Gasteiger partial charge on any atom is 0.273 e. The van der Waals surface area contributed by atoms with Gasteiger partial charge in [-0.15, -0.1) is 0 Å². The van der Waals surface area contributed by atoms with Gasteiger partial charge in [-0.05, 0) is 32.1 Å². The molecule has 8 nitrogen and oxygen atoms in total. The Labute approximate surface area is 138 Å². The number of nitrogens with zero attached hydrogens (tertiary/aromatic N) is 3. The van der Waals surface area contributed by atoms with Gasteiger partial charge < -0.3 is 15.4 Å². The third kappa shape index (κ3) is 3.57. The van der Waals surface area contributed by atoms with E-state index in [-0.39, 0.29) is 5.69 Å². The van der Waals surface area contributed by atoms with Crippen LogP contribution in [0.25, 0.3) is 0 Å². The summed E-state index contributed by atoms with van der Waals surface area (Å²) in [6.07, 6.45) is 0. The van der Waals surface area contributed by atoms with Crippen molar-refractivity contribution in [1.29, 1.82) is 0 Å². The molecule has 0 spiro atoms. The highest BCUT2D eigenvalue weighted by molar-refractivity contribution is 7.80. The Balaban J connectivity index is 2.18. The Kier molecular flexibility index (Phi) is 4.80. The largest absolute Gasteiger partial charge is 0.494 e. The van der Waals surface area contributed by atoms with E-state index in [2.05, 4.69) is 15.7 Å². The molecule has 2 rings (SSSR count). The van der Waals surface area contributed by atoms with Gasteiger partial charge in [-0.1, -0.05) is 0 Å². The maximum atomic E-state index is 10.8. The van der Waals surface area contributed by atoms with Crippen LogP contribution in [-0.4, -0.2) is 26.9 Å². The first-order chi connectivity index (χ1) is 10.8. The van der Waals surface area contributed by atoms with Gasteiger partial charge in [0.25, 0.3) is 5.69 Å². The third-order valence-corrected chi connectivity index (χ3v) is 3.60. The number of aromatic nitrogens is 2. The Morgan fingerprint density at radius 2 is 2.09 bits per heavy atom. The smallest absolute Gasteiger partial charge is 0.273 e. The number of hydrogen-bond donors (Lipinski definition) is 2. The number of anilines is 2. The summed E-state index contributed by atoms with van der Waals surface area (Å²) in [5, 5.41) is 21.5. The Morgan fingerprint density at radius 1 is 1.39 bits per heavy atom. The van der Waals surface area contributed by atoms with Gasteiger partial charge in [0.2, 0.25) is 0 Å². The van der Waals surface area contributed by atoms with E-state index >= 15 is 0 Å². The van der Waals surface area contributed by atoms with Gasteiger partial charge in [-0.3, -0.25) is 14.8 Å². The molecule has 122 valence electrons. The molecular weight excluding hydrogens is 318 g/mol. The second kappa shape index (κ2) is 6.61. The van der Waals surface area contributed by atoms with E-state index in [1.165, 1.54) is 19.2 Å². The lowest BCUT2D eigenvalue weighted by Gasteiger charge is -2.13. The second-order valence-corrected chi connectivity index (χ2v) is 5.30. The quantitative estimate of drug-likeness (QED) is 0.504. The first-order valence-corrected chi connectivity index (χ1v) is 7.15. The van der Waals surface area contributed by atoms with E-state index in [4.69, 9.17) is 17.0 Å². The Morgan fingerprint density at radius 3 is 2.61 bits per heavy atom. The van der Waals surface area contributed by atoms with Crippen LogP contribution in [0.4, 0.5) is 17.1 Å². The maximum absolute atomic E-state index is 10.8. The lowest BCUT2D eigenvalue weighted by Crippen LogP contribution is -2.20. The molecule has 0 saturated heterocycles. The lowest BCUT2D eigenvalue weighted by atomic mass is 10.2. The van der Waals surface area contributed by atoms with Crippen molar-refractivity contribution in [1.82, 2.24) is 9.78 Å². The van der Waals surface area contributed by atoms with Crippen molar-refractivity contribution in [3.05, 3.63) is 39.7 Å². The number of non-ortho nitro benzene ring substituents is 1. The summed E-state index contributed by atoms with van der Waals surface area (Å²) in [4.78, 5) is 10.3. The number of methoxy groups -OCH3 is 1. The average molecular weight is 335 g/mol. The van der Waals surface area contributed by atoms with Crippen molar-refractivity contribution in [3.8, 4) is 5.75 Å². The minimum absolute atomic E-state index is 0.0507. The molecule has 0 aliphatic heterocycles. The number of aryl methyl sites for hydroxylation is 2. The number of nitro groups is 1. The molecule has 0 radical (unpaired) electrons. The highest BCUT2D eigenvalue weighted by atomic mass is 32.1. The molecule has 1 aromatic heterocycles. The summed E-state index contributed by atoms with van der Waals surface area (Å²) in [5.74, 6) is 0.336. The number of rotatable bonds is 4. The summed E-state index contributed by atoms with van der Waals surface area (Å²) in [6, 6.07) is 4.27. The van der Waals surface area contributed by atoms with Crippen LogP contribution in [0.3, 0.4) is 0 Å². The first-order valence-electron chi connectivity index (χ1n) is 6.74. The van der Waals surface area contributed by atoms with Gasteiger partial charge >= 0.3 is 0 Å². The number of nitro benzene ring substituents is 1. The zero-order valence-electron chi connectivity index (χ0n) is 13.2. The van der Waals surface area contributed by atoms with Crippen molar-refractivity contribution in [2.75, 3.05) is 17.7 Å². The van der Waals surface area contributed by atoms with E-state index in [9.17, 15) is 10.1 Å². The van der Waals surface area contributed by atoms with E-state index in [0.717, 1.165) is 17.1 Å². The highest BCUT2D eigenvalue weighted by Crippen LogP contribution is 2.29. The fourth-order valence-corrected chi connectivity index (χ4v) is 2.33. The molecule has 0 aliphatic carbocycles. The van der Waals surface area contributed by atoms with Crippen LogP contribution in [0.2, 0.25) is 0 Å². The van der Waals surface area contributed by atoms with E-state index in [0.29, 0.717) is 16.5 Å². The van der Waals surface area contributed by atoms with E-state index < -0.39 is 4.92 Å². The molecule has 0 unspecified atom stereocenters. The monoisotopic (exact) mass is 335 g/mol. The van der Waals surface area contributed by atoms with Crippen molar-refractivity contribution in [2.45, 2.75) is 13.8 Å². The number of thiocarbonyl (C=S) groups is 1. The topological polar surface area (TPSA) is 94.2 Å². The van der Waals surface area contributed by atoms with Crippen molar-refractivity contribution < 1.29 is 9.66 Å². The molecular formula is C14H17N5O3S. The van der Waals surface area contributed by atoms with Crippen LogP contribution < -0.4 is 15.4 Å². The molecule has 0 bridgehead atoms. The standard InChI is InChI=1S/C14H17N5O3S/c1-8-13(9(2)18(3)17-8)16-14(23)15-11-6-5-10(19(20)21)7-12(11)22-4/h5-7H,1-4H3,(H2,15,16,23). The van der Waals surface area contributed by atoms with Gasteiger partial charge in [0.05, 0.1) is 40.9 Å². The highest BCUT2D eigenvalue weighted by Gasteiger charge is 2.14. The molecule has 0 atom stereocenters. The lowest BCUT2D eigenvalue weighted by molar-refractivity contribution is -0.384. The van der Waals surface area contributed by atoms with Crippen molar-refractivity contribution >= 4 is 34.4 Å². The van der Waals surface area contributed by atoms with Crippen LogP contribution in [-0.2, 0) is 7.05 Å². The minimum Gasteiger partial charge on any atom is -0.494 e. The molecule has 1 heterocycles. The van der Waals surface area contributed by atoms with Crippen molar-refractivity contribution in [2.24, 2.45) is 7.05 Å². The molecule has 0 aliphatic rings. The van der Waals surface area contributed by atoms with E-state index in [1.807, 2.05) is 20.9 Å². The zero-order chi connectivity index (χ0) is 17.1. The van der Waals surface area contributed by atoms with Gasteiger partial charge in [0.15, 0.2) is 5.11 Å². The fraction of sp³-hybridized carbons (Fsp3) is 0.286. The first kappa shape index (κ1) is 16.7. The molecule has 0 fully saturated rings. The minimum atomic E-state index is -0.481. The molecule has 0 amide bonds. The fourth-order valence-electron chi connectivity index (χ4n) is 2.12.